The highest BCUT2D eigenvalue weighted by Crippen LogP contribution is 2.27. The highest BCUT2D eigenvalue weighted by Gasteiger charge is 2.28. The summed E-state index contributed by atoms with van der Waals surface area (Å²) < 4.78 is 1.36. The topological polar surface area (TPSA) is 76.4 Å². The van der Waals surface area contributed by atoms with Gasteiger partial charge in [-0.25, -0.2) is 4.79 Å². The third kappa shape index (κ3) is 3.01. The maximum atomic E-state index is 13.0. The number of ketones is 1. The fraction of sp³-hybridized carbons (Fsp3) is 0.278. The highest BCUT2D eigenvalue weighted by atomic mass is 32.2. The molecular formula is C18H19NO4S. The number of hydrogen-bond donors (Lipinski definition) is 1. The number of pyridine rings is 1. The quantitative estimate of drug-likeness (QED) is 0.643. The van der Waals surface area contributed by atoms with E-state index in [1.54, 1.807) is 44.4 Å². The van der Waals surface area contributed by atoms with Gasteiger partial charge in [-0.3, -0.25) is 9.59 Å². The van der Waals surface area contributed by atoms with Crippen molar-refractivity contribution in [2.45, 2.75) is 31.8 Å². The van der Waals surface area contributed by atoms with Crippen molar-refractivity contribution >= 4 is 23.5 Å². The first-order valence-corrected chi connectivity index (χ1v) is 8.86. The molecule has 1 aromatic heterocycles. The van der Waals surface area contributed by atoms with Crippen LogP contribution in [0.2, 0.25) is 0 Å². The van der Waals surface area contributed by atoms with Crippen LogP contribution in [-0.2, 0) is 13.0 Å². The summed E-state index contributed by atoms with van der Waals surface area (Å²) in [5.74, 6) is -1.56. The van der Waals surface area contributed by atoms with Crippen molar-refractivity contribution in [3.8, 4) is 0 Å². The minimum absolute atomic E-state index is 0.262. The number of carboxylic acids is 1. The number of aromatic nitrogens is 1. The summed E-state index contributed by atoms with van der Waals surface area (Å²) in [6, 6.07) is 8.70. The summed E-state index contributed by atoms with van der Waals surface area (Å²) >= 11 is 1.28. The Morgan fingerprint density at radius 3 is 2.21 bits per heavy atom. The second kappa shape index (κ2) is 7.49. The van der Waals surface area contributed by atoms with Gasteiger partial charge in [0.25, 0.3) is 5.56 Å². The molecule has 0 aliphatic heterocycles. The maximum absolute atomic E-state index is 13.0. The minimum Gasteiger partial charge on any atom is -0.477 e. The molecule has 5 nitrogen and oxygen atoms in total. The van der Waals surface area contributed by atoms with E-state index >= 15 is 0 Å². The molecule has 0 saturated carbocycles. The van der Waals surface area contributed by atoms with Crippen molar-refractivity contribution in [3.63, 3.8) is 0 Å². The van der Waals surface area contributed by atoms with Crippen molar-refractivity contribution in [2.75, 3.05) is 6.26 Å². The summed E-state index contributed by atoms with van der Waals surface area (Å²) in [7, 11) is 0. The van der Waals surface area contributed by atoms with Crippen molar-refractivity contribution < 1.29 is 14.7 Å². The molecule has 24 heavy (non-hydrogen) atoms. The average molecular weight is 345 g/mol. The van der Waals surface area contributed by atoms with Crippen molar-refractivity contribution in [1.29, 1.82) is 0 Å². The van der Waals surface area contributed by atoms with Gasteiger partial charge in [0.05, 0.1) is 10.6 Å². The fourth-order valence-electron chi connectivity index (χ4n) is 2.79. The molecule has 0 aliphatic rings. The summed E-state index contributed by atoms with van der Waals surface area (Å²) in [5, 5.41) is 10.0. The van der Waals surface area contributed by atoms with Gasteiger partial charge in [0.1, 0.15) is 5.56 Å². The van der Waals surface area contributed by atoms with Gasteiger partial charge in [-0.1, -0.05) is 37.3 Å². The van der Waals surface area contributed by atoms with Gasteiger partial charge in [-0.05, 0) is 25.2 Å². The summed E-state index contributed by atoms with van der Waals surface area (Å²) in [4.78, 5) is 37.3. The lowest BCUT2D eigenvalue weighted by Crippen LogP contribution is -2.32. The molecule has 0 unspecified atom stereocenters. The number of aromatic carboxylic acids is 1. The second-order valence-electron chi connectivity index (χ2n) is 5.14. The van der Waals surface area contributed by atoms with Crippen LogP contribution in [0.5, 0.6) is 0 Å². The molecule has 0 saturated heterocycles. The van der Waals surface area contributed by atoms with E-state index in [4.69, 9.17) is 0 Å². The molecular weight excluding hydrogens is 326 g/mol. The minimum atomic E-state index is -1.30. The molecule has 0 fully saturated rings. The molecule has 0 bridgehead atoms. The first-order valence-electron chi connectivity index (χ1n) is 7.64. The van der Waals surface area contributed by atoms with Crippen LogP contribution in [0.15, 0.2) is 40.2 Å². The van der Waals surface area contributed by atoms with E-state index in [1.807, 2.05) is 6.07 Å². The summed E-state index contributed by atoms with van der Waals surface area (Å²) in [5.41, 5.74) is 0.220. The first kappa shape index (κ1) is 18.0. The van der Waals surface area contributed by atoms with E-state index in [9.17, 15) is 19.5 Å². The van der Waals surface area contributed by atoms with E-state index in [0.29, 0.717) is 34.7 Å². The Bertz CT molecular complexity index is 840. The van der Waals surface area contributed by atoms with Gasteiger partial charge >= 0.3 is 5.97 Å². The fourth-order valence-corrected chi connectivity index (χ4v) is 3.64. The Balaban J connectivity index is 2.92. The lowest BCUT2D eigenvalue weighted by atomic mass is 9.95. The number of carboxylic acid groups (broad SMARTS) is 1. The Morgan fingerprint density at radius 1 is 1.12 bits per heavy atom. The Morgan fingerprint density at radius 2 is 1.75 bits per heavy atom. The van der Waals surface area contributed by atoms with E-state index in [-0.39, 0.29) is 11.3 Å². The van der Waals surface area contributed by atoms with Crippen LogP contribution >= 0.6 is 11.8 Å². The van der Waals surface area contributed by atoms with Crippen LogP contribution < -0.4 is 5.56 Å². The van der Waals surface area contributed by atoms with Crippen molar-refractivity contribution in [2.24, 2.45) is 0 Å². The van der Waals surface area contributed by atoms with E-state index in [2.05, 4.69) is 0 Å². The predicted molar refractivity (Wildman–Crippen MR) is 94.4 cm³/mol. The van der Waals surface area contributed by atoms with Gasteiger partial charge in [-0.15, -0.1) is 11.8 Å². The number of benzene rings is 1. The molecule has 0 amide bonds. The van der Waals surface area contributed by atoms with Gasteiger partial charge in [0.15, 0.2) is 5.78 Å². The van der Waals surface area contributed by atoms with E-state index in [1.165, 1.54) is 16.3 Å². The van der Waals surface area contributed by atoms with Crippen LogP contribution in [0.3, 0.4) is 0 Å². The zero-order chi connectivity index (χ0) is 17.9. The molecule has 2 aromatic rings. The molecule has 2 rings (SSSR count). The monoisotopic (exact) mass is 345 g/mol. The Hall–Kier alpha value is -2.34. The zero-order valence-corrected chi connectivity index (χ0v) is 14.6. The lowest BCUT2D eigenvalue weighted by molar-refractivity contribution is 0.0692. The first-order chi connectivity index (χ1) is 11.5. The van der Waals surface area contributed by atoms with Crippen LogP contribution in [0, 0.1) is 0 Å². The van der Waals surface area contributed by atoms with Crippen LogP contribution in [0.4, 0.5) is 0 Å². The molecule has 126 valence electrons. The van der Waals surface area contributed by atoms with Gasteiger partial charge < -0.3 is 9.67 Å². The Labute approximate surface area is 144 Å². The largest absolute Gasteiger partial charge is 0.477 e. The standard InChI is InChI=1S/C18H19NO4S/c1-4-12-13(15(20)11-9-7-6-8-10-11)17(24-3)19(5-2)16(21)14(12)18(22)23/h6-10H,4-5H2,1-3H3,(H,22,23). The summed E-state index contributed by atoms with van der Waals surface area (Å²) in [6.07, 6.45) is 2.07. The molecule has 0 spiro atoms. The molecule has 0 aliphatic carbocycles. The number of thioether (sulfide) groups is 1. The zero-order valence-electron chi connectivity index (χ0n) is 13.8. The number of rotatable bonds is 6. The highest BCUT2D eigenvalue weighted by molar-refractivity contribution is 7.98. The molecule has 1 aromatic carbocycles. The number of carbonyl (C=O) groups excluding carboxylic acids is 1. The van der Waals surface area contributed by atoms with Crippen molar-refractivity contribution in [1.82, 2.24) is 4.57 Å². The van der Waals surface area contributed by atoms with Gasteiger partial charge in [0.2, 0.25) is 0 Å². The normalized spacial score (nSPS) is 10.6. The third-order valence-corrected chi connectivity index (χ3v) is 4.67. The maximum Gasteiger partial charge on any atom is 0.341 e. The van der Waals surface area contributed by atoms with Crippen molar-refractivity contribution in [3.05, 3.63) is 62.9 Å². The molecule has 6 heteroatoms. The molecule has 1 N–H and O–H groups in total. The average Bonchev–Trinajstić information content (AvgIpc) is 2.60. The van der Waals surface area contributed by atoms with E-state index < -0.39 is 11.5 Å². The molecule has 0 radical (unpaired) electrons. The van der Waals surface area contributed by atoms with Gasteiger partial charge in [0, 0.05) is 12.1 Å². The Kier molecular flexibility index (Phi) is 5.62. The van der Waals surface area contributed by atoms with Gasteiger partial charge in [-0.2, -0.15) is 0 Å². The second-order valence-corrected chi connectivity index (χ2v) is 5.94. The smallest absolute Gasteiger partial charge is 0.341 e. The third-order valence-electron chi connectivity index (χ3n) is 3.86. The molecule has 1 heterocycles. The number of carbonyl (C=O) groups is 2. The SMILES string of the molecule is CCc1c(C(=O)c2ccccc2)c(SC)n(CC)c(=O)c1C(=O)O. The van der Waals surface area contributed by atoms with Crippen LogP contribution in [0.1, 0.15) is 45.7 Å². The van der Waals surface area contributed by atoms with Crippen LogP contribution in [0.25, 0.3) is 0 Å². The number of hydrogen-bond acceptors (Lipinski definition) is 4. The van der Waals surface area contributed by atoms with Crippen LogP contribution in [-0.4, -0.2) is 27.7 Å². The summed E-state index contributed by atoms with van der Waals surface area (Å²) in [6.45, 7) is 3.81. The predicted octanol–water partition coefficient (Wildman–Crippen LogP) is 3.08. The molecule has 0 atom stereocenters. The van der Waals surface area contributed by atoms with E-state index in [0.717, 1.165) is 0 Å². The number of nitrogens with zero attached hydrogens (tertiary/aromatic N) is 1. The lowest BCUT2D eigenvalue weighted by Gasteiger charge is -2.19.